The minimum atomic E-state index is -3.53. The Balaban J connectivity index is 5.78. The SMILES string of the molecule is CCCC(CCC)(C(C)(CC)CC)S(N)(=O)=O. The molecule has 3 nitrogen and oxygen atoms in total. The highest BCUT2D eigenvalue weighted by molar-refractivity contribution is 7.90. The zero-order valence-electron chi connectivity index (χ0n) is 12.0. The van der Waals surface area contributed by atoms with Crippen LogP contribution in [0.3, 0.4) is 0 Å². The van der Waals surface area contributed by atoms with E-state index in [9.17, 15) is 8.42 Å². The second-order valence-electron chi connectivity index (χ2n) is 5.31. The molecule has 0 heterocycles. The molecule has 0 aromatic heterocycles. The van der Waals surface area contributed by atoms with Gasteiger partial charge in [0.25, 0.3) is 0 Å². The Morgan fingerprint density at radius 3 is 1.47 bits per heavy atom. The lowest BCUT2D eigenvalue weighted by molar-refractivity contribution is 0.168. The maximum absolute atomic E-state index is 12.2. The third kappa shape index (κ3) is 3.02. The Labute approximate surface area is 107 Å². The molecule has 0 bridgehead atoms. The summed E-state index contributed by atoms with van der Waals surface area (Å²) in [6.45, 7) is 10.3. The van der Waals surface area contributed by atoms with Crippen LogP contribution in [-0.2, 0) is 10.0 Å². The van der Waals surface area contributed by atoms with Crippen molar-refractivity contribution in [2.45, 2.75) is 77.9 Å². The van der Waals surface area contributed by atoms with Gasteiger partial charge in [0.15, 0.2) is 0 Å². The summed E-state index contributed by atoms with van der Waals surface area (Å²) >= 11 is 0. The van der Waals surface area contributed by atoms with E-state index in [1.165, 1.54) is 0 Å². The zero-order chi connectivity index (χ0) is 13.7. The van der Waals surface area contributed by atoms with Gasteiger partial charge in [-0.3, -0.25) is 0 Å². The molecule has 0 fully saturated rings. The summed E-state index contributed by atoms with van der Waals surface area (Å²) in [5.41, 5.74) is -0.230. The zero-order valence-corrected chi connectivity index (χ0v) is 12.9. The van der Waals surface area contributed by atoms with Gasteiger partial charge in [0.2, 0.25) is 10.0 Å². The molecule has 0 aromatic rings. The maximum atomic E-state index is 12.2. The van der Waals surface area contributed by atoms with Crippen molar-refractivity contribution in [3.8, 4) is 0 Å². The number of hydrogen-bond donors (Lipinski definition) is 1. The maximum Gasteiger partial charge on any atom is 0.215 e. The smallest absolute Gasteiger partial charge is 0.215 e. The number of primary sulfonamides is 1. The fourth-order valence-electron chi connectivity index (χ4n) is 3.06. The van der Waals surface area contributed by atoms with E-state index in [-0.39, 0.29) is 5.41 Å². The topological polar surface area (TPSA) is 60.2 Å². The lowest BCUT2D eigenvalue weighted by atomic mass is 9.68. The molecular formula is C13H29NO2S. The molecule has 2 N–H and O–H groups in total. The molecule has 0 saturated heterocycles. The molecule has 4 heteroatoms. The first kappa shape index (κ1) is 16.9. The van der Waals surface area contributed by atoms with Crippen LogP contribution in [0.25, 0.3) is 0 Å². The van der Waals surface area contributed by atoms with Gasteiger partial charge in [-0.15, -0.1) is 0 Å². The Morgan fingerprint density at radius 2 is 1.29 bits per heavy atom. The summed E-state index contributed by atoms with van der Waals surface area (Å²) in [6.07, 6.45) is 4.73. The van der Waals surface area contributed by atoms with Crippen LogP contribution in [0.4, 0.5) is 0 Å². The van der Waals surface area contributed by atoms with Gasteiger partial charge in [-0.25, -0.2) is 13.6 Å². The first-order valence-electron chi connectivity index (χ1n) is 6.77. The molecule has 0 aliphatic carbocycles. The van der Waals surface area contributed by atoms with Crippen LogP contribution in [0.2, 0.25) is 0 Å². The molecule has 0 aromatic carbocycles. The normalized spacial score (nSPS) is 14.0. The van der Waals surface area contributed by atoms with Crippen LogP contribution < -0.4 is 5.14 Å². The number of sulfonamides is 1. The first-order valence-corrected chi connectivity index (χ1v) is 8.31. The van der Waals surface area contributed by atoms with Crippen LogP contribution >= 0.6 is 0 Å². The lowest BCUT2D eigenvalue weighted by Crippen LogP contribution is -2.55. The summed E-state index contributed by atoms with van der Waals surface area (Å²) in [5.74, 6) is 0. The van der Waals surface area contributed by atoms with Gasteiger partial charge in [-0.1, -0.05) is 47.5 Å². The minimum absolute atomic E-state index is 0.230. The van der Waals surface area contributed by atoms with Gasteiger partial charge >= 0.3 is 0 Å². The van der Waals surface area contributed by atoms with E-state index in [1.54, 1.807) is 0 Å². The summed E-state index contributed by atoms with van der Waals surface area (Å²) in [5, 5.41) is 5.60. The number of rotatable bonds is 8. The fraction of sp³-hybridized carbons (Fsp3) is 1.00. The largest absolute Gasteiger partial charge is 0.228 e. The molecule has 0 unspecified atom stereocenters. The molecule has 0 amide bonds. The molecule has 0 radical (unpaired) electrons. The van der Waals surface area contributed by atoms with Gasteiger partial charge in [0.1, 0.15) is 0 Å². The average molecular weight is 263 g/mol. The van der Waals surface area contributed by atoms with Crippen molar-refractivity contribution in [3.63, 3.8) is 0 Å². The van der Waals surface area contributed by atoms with Crippen molar-refractivity contribution in [1.82, 2.24) is 0 Å². The molecule has 104 valence electrons. The van der Waals surface area contributed by atoms with E-state index in [2.05, 4.69) is 20.8 Å². The van der Waals surface area contributed by atoms with E-state index < -0.39 is 14.8 Å². The predicted molar refractivity (Wildman–Crippen MR) is 74.3 cm³/mol. The molecule has 0 aliphatic heterocycles. The third-order valence-electron chi connectivity index (χ3n) is 4.51. The van der Waals surface area contributed by atoms with Crippen LogP contribution in [0, 0.1) is 5.41 Å². The van der Waals surface area contributed by atoms with Gasteiger partial charge in [-0.05, 0) is 31.1 Å². The number of hydrogen-bond acceptors (Lipinski definition) is 2. The van der Waals surface area contributed by atoms with Gasteiger partial charge in [0, 0.05) is 0 Å². The lowest BCUT2D eigenvalue weighted by Gasteiger charge is -2.46. The van der Waals surface area contributed by atoms with Crippen LogP contribution in [0.15, 0.2) is 0 Å². The quantitative estimate of drug-likeness (QED) is 0.729. The second-order valence-corrected chi connectivity index (χ2v) is 7.18. The Morgan fingerprint density at radius 1 is 0.941 bits per heavy atom. The predicted octanol–water partition coefficient (Wildman–Crippen LogP) is 3.44. The highest BCUT2D eigenvalue weighted by Crippen LogP contribution is 2.48. The number of nitrogens with two attached hydrogens (primary N) is 1. The summed E-state index contributed by atoms with van der Waals surface area (Å²) in [4.78, 5) is 0. The van der Waals surface area contributed by atoms with E-state index >= 15 is 0 Å². The minimum Gasteiger partial charge on any atom is -0.228 e. The Kier molecular flexibility index (Phi) is 6.15. The molecule has 0 spiro atoms. The van der Waals surface area contributed by atoms with Gasteiger partial charge in [0.05, 0.1) is 4.75 Å². The van der Waals surface area contributed by atoms with Crippen molar-refractivity contribution < 1.29 is 8.42 Å². The van der Waals surface area contributed by atoms with Crippen molar-refractivity contribution in [2.75, 3.05) is 0 Å². The molecular weight excluding hydrogens is 234 g/mol. The van der Waals surface area contributed by atoms with Crippen molar-refractivity contribution in [1.29, 1.82) is 0 Å². The molecule has 0 atom stereocenters. The molecule has 0 rings (SSSR count). The van der Waals surface area contributed by atoms with Gasteiger partial charge in [-0.2, -0.15) is 0 Å². The van der Waals surface area contributed by atoms with Crippen molar-refractivity contribution in [2.24, 2.45) is 10.6 Å². The molecule has 0 saturated carbocycles. The second kappa shape index (κ2) is 6.19. The summed E-state index contributed by atoms with van der Waals surface area (Å²) in [6, 6.07) is 0. The molecule has 0 aliphatic rings. The third-order valence-corrected chi connectivity index (χ3v) is 6.50. The van der Waals surface area contributed by atoms with E-state index in [0.29, 0.717) is 12.8 Å². The summed E-state index contributed by atoms with van der Waals surface area (Å²) in [7, 11) is -3.53. The highest BCUT2D eigenvalue weighted by Gasteiger charge is 2.52. The van der Waals surface area contributed by atoms with Crippen LogP contribution in [-0.4, -0.2) is 13.2 Å². The van der Waals surface area contributed by atoms with E-state index in [4.69, 9.17) is 5.14 Å². The first-order chi connectivity index (χ1) is 7.74. The van der Waals surface area contributed by atoms with Crippen molar-refractivity contribution >= 4 is 10.0 Å². The average Bonchev–Trinajstić information content (AvgIpc) is 2.26. The van der Waals surface area contributed by atoms with Crippen LogP contribution in [0.1, 0.15) is 73.1 Å². The van der Waals surface area contributed by atoms with E-state index in [0.717, 1.165) is 25.7 Å². The monoisotopic (exact) mass is 263 g/mol. The molecule has 17 heavy (non-hydrogen) atoms. The highest BCUT2D eigenvalue weighted by atomic mass is 32.2. The van der Waals surface area contributed by atoms with E-state index in [1.807, 2.05) is 13.8 Å². The fourth-order valence-corrected chi connectivity index (χ4v) is 5.01. The standard InChI is InChI=1S/C13H29NO2S/c1-6-10-13(11-7-2,17(14,15)16)12(5,8-3)9-4/h6-11H2,1-5H3,(H2,14,15,16). The van der Waals surface area contributed by atoms with Crippen LogP contribution in [0.5, 0.6) is 0 Å². The Bertz CT molecular complexity index is 312. The van der Waals surface area contributed by atoms with Crippen molar-refractivity contribution in [3.05, 3.63) is 0 Å². The van der Waals surface area contributed by atoms with Gasteiger partial charge < -0.3 is 0 Å². The Hall–Kier alpha value is -0.0900. The summed E-state index contributed by atoms with van der Waals surface area (Å²) < 4.78 is 23.6.